The van der Waals surface area contributed by atoms with E-state index >= 15 is 0 Å². The second kappa shape index (κ2) is 12.4. The maximum Gasteiger partial charge on any atom is 0.240 e. The smallest absolute Gasteiger partial charge is 0.240 e. The lowest BCUT2D eigenvalue weighted by Gasteiger charge is -2.12. The Morgan fingerprint density at radius 2 is 1.93 bits per heavy atom. The van der Waals surface area contributed by atoms with Crippen LogP contribution in [0.5, 0.6) is 0 Å². The fraction of sp³-hybridized carbons (Fsp3) is 0.421. The van der Waals surface area contributed by atoms with Gasteiger partial charge in [-0.3, -0.25) is 4.99 Å². The highest BCUT2D eigenvalue weighted by molar-refractivity contribution is 14.0. The van der Waals surface area contributed by atoms with Gasteiger partial charge in [-0.05, 0) is 55.8 Å². The molecule has 0 aliphatic carbocycles. The average molecular weight is 537 g/mol. The molecule has 0 fully saturated rings. The van der Waals surface area contributed by atoms with Gasteiger partial charge in [-0.15, -0.1) is 35.3 Å². The Labute approximate surface area is 189 Å². The number of sulfonamides is 1. The Kier molecular flexibility index (Phi) is 11.0. The van der Waals surface area contributed by atoms with Crippen LogP contribution in [0.25, 0.3) is 0 Å². The highest BCUT2D eigenvalue weighted by atomic mass is 127. The number of nitrogens with one attached hydrogen (secondary N) is 3. The molecule has 0 bridgehead atoms. The largest absolute Gasteiger partial charge is 0.357 e. The summed E-state index contributed by atoms with van der Waals surface area (Å²) in [5.74, 6) is 0.694. The first kappa shape index (κ1) is 24.9. The molecule has 6 nitrogen and oxygen atoms in total. The van der Waals surface area contributed by atoms with Gasteiger partial charge in [-0.1, -0.05) is 18.2 Å². The van der Waals surface area contributed by atoms with Crippen LogP contribution in [-0.2, 0) is 16.4 Å². The van der Waals surface area contributed by atoms with Gasteiger partial charge in [0.25, 0.3) is 0 Å². The van der Waals surface area contributed by atoms with Crippen molar-refractivity contribution in [3.8, 4) is 0 Å². The number of hydrogen-bond donors (Lipinski definition) is 3. The van der Waals surface area contributed by atoms with Crippen molar-refractivity contribution in [2.45, 2.75) is 32.1 Å². The van der Waals surface area contributed by atoms with Crippen LogP contribution in [-0.4, -0.2) is 40.6 Å². The monoisotopic (exact) mass is 536 g/mol. The van der Waals surface area contributed by atoms with Crippen molar-refractivity contribution in [3.63, 3.8) is 0 Å². The molecule has 156 valence electrons. The number of hydrogen-bond acceptors (Lipinski definition) is 4. The average Bonchev–Trinajstić information content (AvgIpc) is 3.14. The predicted molar refractivity (Wildman–Crippen MR) is 129 cm³/mol. The first-order valence-corrected chi connectivity index (χ1v) is 11.4. The summed E-state index contributed by atoms with van der Waals surface area (Å²) in [6.45, 7) is 7.81. The van der Waals surface area contributed by atoms with Crippen molar-refractivity contribution < 1.29 is 8.42 Å². The fourth-order valence-corrected chi connectivity index (χ4v) is 4.58. The molecular weight excluding hydrogens is 507 g/mol. The summed E-state index contributed by atoms with van der Waals surface area (Å²) >= 11 is 1.74. The lowest BCUT2D eigenvalue weighted by atomic mass is 10.2. The van der Waals surface area contributed by atoms with Crippen LogP contribution in [0.2, 0.25) is 0 Å². The van der Waals surface area contributed by atoms with Crippen LogP contribution in [0, 0.1) is 13.8 Å². The van der Waals surface area contributed by atoms with E-state index in [1.807, 2.05) is 32.0 Å². The molecule has 0 aliphatic heterocycles. The van der Waals surface area contributed by atoms with Crippen molar-refractivity contribution in [3.05, 3.63) is 51.7 Å². The van der Waals surface area contributed by atoms with Crippen LogP contribution in [0.4, 0.5) is 0 Å². The van der Waals surface area contributed by atoms with Gasteiger partial charge in [0.1, 0.15) is 0 Å². The molecule has 0 spiro atoms. The van der Waals surface area contributed by atoms with E-state index in [1.54, 1.807) is 24.3 Å². The summed E-state index contributed by atoms with van der Waals surface area (Å²) < 4.78 is 27.6. The SMILES string of the molecule is CCNC(=NCCNS(=O)(=O)c1cc(C)ccc1C)NCCc1cccs1.I. The first-order valence-electron chi connectivity index (χ1n) is 9.04. The Hall–Kier alpha value is -1.17. The van der Waals surface area contributed by atoms with Crippen molar-refractivity contribution in [1.29, 1.82) is 0 Å². The van der Waals surface area contributed by atoms with Crippen LogP contribution in [0.15, 0.2) is 45.6 Å². The van der Waals surface area contributed by atoms with E-state index in [4.69, 9.17) is 0 Å². The molecule has 1 aromatic carbocycles. The molecule has 0 unspecified atom stereocenters. The van der Waals surface area contributed by atoms with Gasteiger partial charge in [0.15, 0.2) is 5.96 Å². The van der Waals surface area contributed by atoms with Crippen molar-refractivity contribution in [1.82, 2.24) is 15.4 Å². The van der Waals surface area contributed by atoms with Gasteiger partial charge in [-0.2, -0.15) is 0 Å². The quantitative estimate of drug-likeness (QED) is 0.199. The highest BCUT2D eigenvalue weighted by Gasteiger charge is 2.16. The number of guanidine groups is 1. The number of aryl methyl sites for hydroxylation is 2. The number of nitrogens with zero attached hydrogens (tertiary/aromatic N) is 1. The molecule has 0 saturated carbocycles. The van der Waals surface area contributed by atoms with Crippen molar-refractivity contribution in [2.75, 3.05) is 26.2 Å². The molecular formula is C19H29IN4O2S2. The summed E-state index contributed by atoms with van der Waals surface area (Å²) in [4.78, 5) is 6.09. The maximum atomic E-state index is 12.5. The fourth-order valence-electron chi connectivity index (χ4n) is 2.52. The normalized spacial score (nSPS) is 11.8. The zero-order valence-corrected chi connectivity index (χ0v) is 20.5. The number of halogens is 1. The zero-order chi connectivity index (χ0) is 19.7. The maximum absolute atomic E-state index is 12.5. The number of thiophene rings is 1. The van der Waals surface area contributed by atoms with E-state index in [0.717, 1.165) is 30.6 Å². The number of benzene rings is 1. The molecule has 0 aliphatic rings. The van der Waals surface area contributed by atoms with Crippen molar-refractivity contribution in [2.24, 2.45) is 4.99 Å². The van der Waals surface area contributed by atoms with Crippen molar-refractivity contribution >= 4 is 51.3 Å². The standard InChI is InChI=1S/C19H28N4O2S2.HI/c1-4-20-19(21-10-9-17-6-5-13-26-17)22-11-12-23-27(24,25)18-14-15(2)7-8-16(18)3;/h5-8,13-14,23H,4,9-12H2,1-3H3,(H2,20,21,22);1H. The molecule has 0 radical (unpaired) electrons. The minimum Gasteiger partial charge on any atom is -0.357 e. The number of rotatable bonds is 9. The number of aliphatic imine (C=N–C) groups is 1. The predicted octanol–water partition coefficient (Wildman–Crippen LogP) is 3.06. The third kappa shape index (κ3) is 8.06. The Bertz CT molecular complexity index is 853. The van der Waals surface area contributed by atoms with Crippen LogP contribution >= 0.6 is 35.3 Å². The van der Waals surface area contributed by atoms with E-state index in [2.05, 4.69) is 31.8 Å². The molecule has 2 rings (SSSR count). The molecule has 9 heteroatoms. The van der Waals surface area contributed by atoms with Gasteiger partial charge < -0.3 is 10.6 Å². The molecule has 0 saturated heterocycles. The van der Waals surface area contributed by atoms with Crippen LogP contribution in [0.3, 0.4) is 0 Å². The van der Waals surface area contributed by atoms with E-state index in [1.165, 1.54) is 4.88 Å². The summed E-state index contributed by atoms with van der Waals surface area (Å²) in [5.41, 5.74) is 1.66. The lowest BCUT2D eigenvalue weighted by Crippen LogP contribution is -2.39. The molecule has 0 amide bonds. The van der Waals surface area contributed by atoms with E-state index in [9.17, 15) is 8.42 Å². The van der Waals surface area contributed by atoms with Crippen LogP contribution in [0.1, 0.15) is 22.9 Å². The Morgan fingerprint density at radius 1 is 1.14 bits per heavy atom. The van der Waals surface area contributed by atoms with Gasteiger partial charge in [0, 0.05) is 24.5 Å². The van der Waals surface area contributed by atoms with Crippen LogP contribution < -0.4 is 15.4 Å². The Morgan fingerprint density at radius 3 is 2.61 bits per heavy atom. The molecule has 1 heterocycles. The second-order valence-electron chi connectivity index (χ2n) is 6.18. The van der Waals surface area contributed by atoms with E-state index in [0.29, 0.717) is 17.4 Å². The highest BCUT2D eigenvalue weighted by Crippen LogP contribution is 2.16. The summed E-state index contributed by atoms with van der Waals surface area (Å²) in [7, 11) is -3.53. The van der Waals surface area contributed by atoms with Gasteiger partial charge in [-0.25, -0.2) is 13.1 Å². The Balaban J connectivity index is 0.00000392. The minimum atomic E-state index is -3.53. The topological polar surface area (TPSA) is 82.6 Å². The molecule has 1 aromatic heterocycles. The lowest BCUT2D eigenvalue weighted by molar-refractivity contribution is 0.581. The zero-order valence-electron chi connectivity index (χ0n) is 16.5. The molecule has 2 aromatic rings. The first-order chi connectivity index (χ1) is 12.9. The molecule has 28 heavy (non-hydrogen) atoms. The van der Waals surface area contributed by atoms with E-state index < -0.39 is 10.0 Å². The summed E-state index contributed by atoms with van der Waals surface area (Å²) in [6, 6.07) is 9.57. The second-order valence-corrected chi connectivity index (χ2v) is 8.95. The van der Waals surface area contributed by atoms with Gasteiger partial charge in [0.2, 0.25) is 10.0 Å². The third-order valence-corrected chi connectivity index (χ3v) is 6.43. The molecule has 3 N–H and O–H groups in total. The minimum absolute atomic E-state index is 0. The van der Waals surface area contributed by atoms with Gasteiger partial charge in [0.05, 0.1) is 11.4 Å². The van der Waals surface area contributed by atoms with E-state index in [-0.39, 0.29) is 30.5 Å². The summed E-state index contributed by atoms with van der Waals surface area (Å²) in [6.07, 6.45) is 0.932. The van der Waals surface area contributed by atoms with Gasteiger partial charge >= 0.3 is 0 Å². The third-order valence-electron chi connectivity index (χ3n) is 3.90. The molecule has 0 atom stereocenters. The summed E-state index contributed by atoms with van der Waals surface area (Å²) in [5, 5.41) is 8.51.